The third kappa shape index (κ3) is 2.99. The molecule has 0 aliphatic carbocycles. The van der Waals surface area contributed by atoms with Crippen LogP contribution in [0.5, 0.6) is 0 Å². The Hall–Kier alpha value is -0.910. The standard InChI is InChI=1S/C14H24N4O/c1-2-17-11-16-7-13(17)6-15-8-14-9-18-5-3-4-12(18)10-19-14/h7,11-12,14-15H,2-6,8-10H2,1H3. The third-order valence-corrected chi connectivity index (χ3v) is 4.28. The van der Waals surface area contributed by atoms with E-state index < -0.39 is 0 Å². The summed E-state index contributed by atoms with van der Waals surface area (Å²) in [6.07, 6.45) is 6.82. The largest absolute Gasteiger partial charge is 0.374 e. The molecule has 5 nitrogen and oxygen atoms in total. The maximum atomic E-state index is 5.94. The van der Waals surface area contributed by atoms with Crippen molar-refractivity contribution in [3.63, 3.8) is 0 Å². The first-order chi connectivity index (χ1) is 9.36. The smallest absolute Gasteiger partial charge is 0.0948 e. The summed E-state index contributed by atoms with van der Waals surface area (Å²) in [7, 11) is 0. The van der Waals surface area contributed by atoms with Gasteiger partial charge >= 0.3 is 0 Å². The van der Waals surface area contributed by atoms with E-state index in [0.717, 1.165) is 32.8 Å². The molecule has 1 aromatic rings. The van der Waals surface area contributed by atoms with Gasteiger partial charge in [-0.1, -0.05) is 0 Å². The summed E-state index contributed by atoms with van der Waals surface area (Å²) >= 11 is 0. The second-order valence-electron chi connectivity index (χ2n) is 5.55. The van der Waals surface area contributed by atoms with Gasteiger partial charge in [0.15, 0.2) is 0 Å². The summed E-state index contributed by atoms with van der Waals surface area (Å²) in [5, 5.41) is 3.50. The molecule has 106 valence electrons. The van der Waals surface area contributed by atoms with Gasteiger partial charge in [0.25, 0.3) is 0 Å². The number of ether oxygens (including phenoxy) is 1. The molecule has 3 rings (SSSR count). The molecule has 1 aromatic heterocycles. The molecule has 5 heteroatoms. The lowest BCUT2D eigenvalue weighted by Gasteiger charge is -2.35. The highest BCUT2D eigenvalue weighted by Crippen LogP contribution is 2.22. The Morgan fingerprint density at radius 3 is 3.37 bits per heavy atom. The Labute approximate surface area is 114 Å². The molecule has 2 saturated heterocycles. The van der Waals surface area contributed by atoms with Crippen molar-refractivity contribution >= 4 is 0 Å². The summed E-state index contributed by atoms with van der Waals surface area (Å²) in [5.74, 6) is 0. The van der Waals surface area contributed by atoms with E-state index >= 15 is 0 Å². The molecule has 0 aromatic carbocycles. The van der Waals surface area contributed by atoms with Crippen molar-refractivity contribution < 1.29 is 4.74 Å². The highest BCUT2D eigenvalue weighted by atomic mass is 16.5. The first-order valence-electron chi connectivity index (χ1n) is 7.42. The SMILES string of the molecule is CCn1cncc1CNCC1CN2CCCC2CO1. The van der Waals surface area contributed by atoms with E-state index in [0.29, 0.717) is 12.1 Å². The van der Waals surface area contributed by atoms with Crippen LogP contribution in [0.25, 0.3) is 0 Å². The Kier molecular flexibility index (Phi) is 4.15. The Bertz CT molecular complexity index is 406. The van der Waals surface area contributed by atoms with Gasteiger partial charge in [-0.05, 0) is 26.3 Å². The highest BCUT2D eigenvalue weighted by molar-refractivity contribution is 4.97. The maximum Gasteiger partial charge on any atom is 0.0948 e. The summed E-state index contributed by atoms with van der Waals surface area (Å²) in [6.45, 7) is 8.18. The van der Waals surface area contributed by atoms with Gasteiger partial charge in [0.2, 0.25) is 0 Å². The molecule has 2 aliphatic rings. The number of fused-ring (bicyclic) bond motifs is 1. The van der Waals surface area contributed by atoms with Gasteiger partial charge in [-0.3, -0.25) is 4.90 Å². The molecular weight excluding hydrogens is 240 g/mol. The van der Waals surface area contributed by atoms with E-state index in [-0.39, 0.29) is 0 Å². The highest BCUT2D eigenvalue weighted by Gasteiger charge is 2.31. The zero-order chi connectivity index (χ0) is 13.1. The molecule has 0 saturated carbocycles. The van der Waals surface area contributed by atoms with Gasteiger partial charge in [-0.15, -0.1) is 0 Å². The molecule has 0 spiro atoms. The quantitative estimate of drug-likeness (QED) is 0.856. The second-order valence-corrected chi connectivity index (χ2v) is 5.55. The minimum absolute atomic E-state index is 0.340. The number of aryl methyl sites for hydroxylation is 1. The molecule has 0 bridgehead atoms. The summed E-state index contributed by atoms with van der Waals surface area (Å²) in [5.41, 5.74) is 1.25. The van der Waals surface area contributed by atoms with Crippen molar-refractivity contribution in [2.24, 2.45) is 0 Å². The number of aromatic nitrogens is 2. The topological polar surface area (TPSA) is 42.3 Å². The lowest BCUT2D eigenvalue weighted by atomic mass is 10.2. The van der Waals surface area contributed by atoms with E-state index in [9.17, 15) is 0 Å². The number of imidazole rings is 1. The van der Waals surface area contributed by atoms with Crippen LogP contribution < -0.4 is 5.32 Å². The zero-order valence-corrected chi connectivity index (χ0v) is 11.7. The van der Waals surface area contributed by atoms with Crippen LogP contribution in [0, 0.1) is 0 Å². The van der Waals surface area contributed by atoms with Crippen LogP contribution in [0.3, 0.4) is 0 Å². The monoisotopic (exact) mass is 264 g/mol. The molecule has 2 atom stereocenters. The van der Waals surface area contributed by atoms with Crippen LogP contribution in [-0.4, -0.2) is 52.8 Å². The predicted molar refractivity (Wildman–Crippen MR) is 73.9 cm³/mol. The van der Waals surface area contributed by atoms with Crippen LogP contribution >= 0.6 is 0 Å². The molecule has 1 N–H and O–H groups in total. The molecule has 2 fully saturated rings. The van der Waals surface area contributed by atoms with Gasteiger partial charge in [-0.2, -0.15) is 0 Å². The lowest BCUT2D eigenvalue weighted by molar-refractivity contribution is -0.0470. The fraction of sp³-hybridized carbons (Fsp3) is 0.786. The van der Waals surface area contributed by atoms with Gasteiger partial charge in [-0.25, -0.2) is 4.98 Å². The van der Waals surface area contributed by atoms with E-state index in [1.807, 2.05) is 12.5 Å². The fourth-order valence-corrected chi connectivity index (χ4v) is 3.15. The molecule has 3 heterocycles. The number of hydrogen-bond acceptors (Lipinski definition) is 4. The number of morpholine rings is 1. The number of rotatable bonds is 5. The van der Waals surface area contributed by atoms with Crippen LogP contribution in [0.1, 0.15) is 25.5 Å². The molecule has 0 radical (unpaired) electrons. The van der Waals surface area contributed by atoms with Crippen LogP contribution in [0.15, 0.2) is 12.5 Å². The molecule has 19 heavy (non-hydrogen) atoms. The van der Waals surface area contributed by atoms with Crippen molar-refractivity contribution in [1.29, 1.82) is 0 Å². The van der Waals surface area contributed by atoms with Gasteiger partial charge < -0.3 is 14.6 Å². The maximum absolute atomic E-state index is 5.94. The minimum atomic E-state index is 0.340. The van der Waals surface area contributed by atoms with E-state index in [1.54, 1.807) is 0 Å². The summed E-state index contributed by atoms with van der Waals surface area (Å²) in [6, 6.07) is 0.692. The molecular formula is C14H24N4O. The summed E-state index contributed by atoms with van der Waals surface area (Å²) < 4.78 is 8.11. The van der Waals surface area contributed by atoms with Gasteiger partial charge in [0.1, 0.15) is 0 Å². The number of hydrogen-bond donors (Lipinski definition) is 1. The molecule has 2 unspecified atom stereocenters. The fourth-order valence-electron chi connectivity index (χ4n) is 3.15. The van der Waals surface area contributed by atoms with Crippen molar-refractivity contribution in [3.8, 4) is 0 Å². The molecule has 0 amide bonds. The normalized spacial score (nSPS) is 27.6. The van der Waals surface area contributed by atoms with Crippen molar-refractivity contribution in [3.05, 3.63) is 18.2 Å². The van der Waals surface area contributed by atoms with Crippen molar-refractivity contribution in [2.75, 3.05) is 26.2 Å². The van der Waals surface area contributed by atoms with E-state index in [2.05, 4.69) is 26.7 Å². The van der Waals surface area contributed by atoms with Gasteiger partial charge in [0, 0.05) is 38.4 Å². The number of nitrogens with zero attached hydrogens (tertiary/aromatic N) is 3. The average Bonchev–Trinajstić information content (AvgIpc) is 3.06. The average molecular weight is 264 g/mol. The van der Waals surface area contributed by atoms with Crippen LogP contribution in [-0.2, 0) is 17.8 Å². The van der Waals surface area contributed by atoms with Crippen molar-refractivity contribution in [2.45, 2.75) is 45.0 Å². The first kappa shape index (κ1) is 13.1. The van der Waals surface area contributed by atoms with Crippen LogP contribution in [0.2, 0.25) is 0 Å². The Morgan fingerprint density at radius 2 is 2.47 bits per heavy atom. The van der Waals surface area contributed by atoms with E-state index in [1.165, 1.54) is 25.1 Å². The lowest BCUT2D eigenvalue weighted by Crippen LogP contribution is -2.49. The van der Waals surface area contributed by atoms with Crippen LogP contribution in [0.4, 0.5) is 0 Å². The third-order valence-electron chi connectivity index (χ3n) is 4.28. The predicted octanol–water partition coefficient (Wildman–Crippen LogP) is 0.856. The van der Waals surface area contributed by atoms with Gasteiger partial charge in [0.05, 0.1) is 24.7 Å². The Morgan fingerprint density at radius 1 is 1.53 bits per heavy atom. The Balaban J connectivity index is 1.43. The molecule has 2 aliphatic heterocycles. The van der Waals surface area contributed by atoms with E-state index in [4.69, 9.17) is 4.74 Å². The first-order valence-corrected chi connectivity index (χ1v) is 7.42. The van der Waals surface area contributed by atoms with Crippen molar-refractivity contribution in [1.82, 2.24) is 19.8 Å². The summed E-state index contributed by atoms with van der Waals surface area (Å²) in [4.78, 5) is 6.77. The minimum Gasteiger partial charge on any atom is -0.374 e. The number of nitrogens with one attached hydrogen (secondary N) is 1. The second kappa shape index (κ2) is 6.03. The zero-order valence-electron chi connectivity index (χ0n) is 11.7.